The van der Waals surface area contributed by atoms with Gasteiger partial charge in [-0.1, -0.05) is 31.5 Å². The first-order valence-electron chi connectivity index (χ1n) is 8.01. The summed E-state index contributed by atoms with van der Waals surface area (Å²) in [6.45, 7) is 2.11. The van der Waals surface area contributed by atoms with Crippen molar-refractivity contribution in [1.82, 2.24) is 0 Å². The lowest BCUT2D eigenvalue weighted by Crippen LogP contribution is -2.13. The highest BCUT2D eigenvalue weighted by Crippen LogP contribution is 2.17. The summed E-state index contributed by atoms with van der Waals surface area (Å²) in [7, 11) is 0. The molecule has 2 aromatic rings. The molecule has 2 aromatic carbocycles. The highest BCUT2D eigenvalue weighted by molar-refractivity contribution is 6.09. The van der Waals surface area contributed by atoms with Crippen LogP contribution in [0, 0.1) is 23.0 Å². The Morgan fingerprint density at radius 1 is 1.16 bits per heavy atom. The van der Waals surface area contributed by atoms with Gasteiger partial charge in [0.25, 0.3) is 5.91 Å². The van der Waals surface area contributed by atoms with E-state index in [4.69, 9.17) is 5.26 Å². The van der Waals surface area contributed by atoms with E-state index in [9.17, 15) is 13.6 Å². The molecular formula is C20H18F2N2O. The number of hydrogen-bond donors (Lipinski definition) is 1. The van der Waals surface area contributed by atoms with Gasteiger partial charge < -0.3 is 5.32 Å². The minimum atomic E-state index is -0.833. The Morgan fingerprint density at radius 2 is 1.80 bits per heavy atom. The summed E-state index contributed by atoms with van der Waals surface area (Å²) < 4.78 is 27.3. The predicted octanol–water partition coefficient (Wildman–Crippen LogP) is 4.85. The number of nitrogens with zero attached hydrogens (tertiary/aromatic N) is 1. The van der Waals surface area contributed by atoms with Crippen molar-refractivity contribution in [2.24, 2.45) is 0 Å². The fourth-order valence-corrected chi connectivity index (χ4v) is 2.28. The molecule has 0 aliphatic rings. The van der Waals surface area contributed by atoms with Crippen LogP contribution < -0.4 is 5.32 Å². The van der Waals surface area contributed by atoms with E-state index in [1.807, 2.05) is 12.1 Å². The summed E-state index contributed by atoms with van der Waals surface area (Å²) in [6, 6.07) is 12.3. The Kier molecular flexibility index (Phi) is 6.41. The largest absolute Gasteiger partial charge is 0.321 e. The zero-order chi connectivity index (χ0) is 18.2. The van der Waals surface area contributed by atoms with Gasteiger partial charge in [-0.05, 0) is 48.7 Å². The minimum absolute atomic E-state index is 0.376. The molecule has 0 unspecified atom stereocenters. The van der Waals surface area contributed by atoms with E-state index in [2.05, 4.69) is 12.2 Å². The van der Waals surface area contributed by atoms with Gasteiger partial charge in [-0.15, -0.1) is 0 Å². The first kappa shape index (κ1) is 18.3. The Labute approximate surface area is 145 Å². The molecule has 2 rings (SSSR count). The lowest BCUT2D eigenvalue weighted by atomic mass is 10.1. The average Bonchev–Trinajstić information content (AvgIpc) is 2.61. The van der Waals surface area contributed by atoms with Crippen molar-refractivity contribution >= 4 is 17.7 Å². The molecular weight excluding hydrogens is 322 g/mol. The summed E-state index contributed by atoms with van der Waals surface area (Å²) >= 11 is 0. The first-order chi connectivity index (χ1) is 12.0. The maximum Gasteiger partial charge on any atom is 0.266 e. The molecule has 0 aromatic heterocycles. The molecule has 0 spiro atoms. The van der Waals surface area contributed by atoms with Crippen LogP contribution in [0.2, 0.25) is 0 Å². The van der Waals surface area contributed by atoms with Gasteiger partial charge in [-0.2, -0.15) is 5.26 Å². The van der Waals surface area contributed by atoms with Crippen LogP contribution in [0.4, 0.5) is 14.5 Å². The second-order valence-corrected chi connectivity index (χ2v) is 5.56. The van der Waals surface area contributed by atoms with Gasteiger partial charge in [0.15, 0.2) is 0 Å². The van der Waals surface area contributed by atoms with Crippen LogP contribution in [0.5, 0.6) is 0 Å². The third-order valence-corrected chi connectivity index (χ3v) is 3.68. The Morgan fingerprint density at radius 3 is 2.36 bits per heavy atom. The van der Waals surface area contributed by atoms with Gasteiger partial charge >= 0.3 is 0 Å². The smallest absolute Gasteiger partial charge is 0.266 e. The molecule has 0 aliphatic heterocycles. The van der Waals surface area contributed by atoms with Crippen LogP contribution in [-0.2, 0) is 11.2 Å². The highest BCUT2D eigenvalue weighted by atomic mass is 19.1. The molecule has 0 atom stereocenters. The van der Waals surface area contributed by atoms with E-state index in [1.165, 1.54) is 6.07 Å². The molecule has 0 fully saturated rings. The number of benzene rings is 2. The molecule has 0 bridgehead atoms. The number of hydrogen-bond acceptors (Lipinski definition) is 2. The van der Waals surface area contributed by atoms with Crippen LogP contribution in [0.1, 0.15) is 30.9 Å². The Balaban J connectivity index is 2.15. The van der Waals surface area contributed by atoms with E-state index in [0.717, 1.165) is 43.0 Å². The molecule has 1 N–H and O–H groups in total. The molecule has 25 heavy (non-hydrogen) atoms. The summed E-state index contributed by atoms with van der Waals surface area (Å²) in [5.41, 5.74) is 0.882. The molecule has 0 heterocycles. The number of amides is 1. The molecule has 1 amide bonds. The standard InChI is InChI=1S/C20H18F2N2O/c1-2-3-5-14-8-10-16(11-9-14)24-20(25)15(13-23)12-17-18(21)6-4-7-19(17)22/h4,6-12H,2-3,5H2,1H3,(H,24,25)/b15-12+. The number of rotatable bonds is 6. The van der Waals surface area contributed by atoms with Crippen molar-refractivity contribution in [3.05, 3.63) is 70.8 Å². The van der Waals surface area contributed by atoms with E-state index in [-0.39, 0.29) is 5.57 Å². The number of aryl methyl sites for hydroxylation is 1. The van der Waals surface area contributed by atoms with Gasteiger partial charge in [-0.3, -0.25) is 4.79 Å². The molecule has 0 radical (unpaired) electrons. The second-order valence-electron chi connectivity index (χ2n) is 5.56. The van der Waals surface area contributed by atoms with Crippen molar-refractivity contribution in [2.75, 3.05) is 5.32 Å². The lowest BCUT2D eigenvalue weighted by Gasteiger charge is -2.06. The number of anilines is 1. The molecule has 0 saturated heterocycles. The summed E-state index contributed by atoms with van der Waals surface area (Å²) in [6.07, 6.45) is 4.05. The zero-order valence-electron chi connectivity index (χ0n) is 13.9. The Bertz CT molecular complexity index is 800. The van der Waals surface area contributed by atoms with Gasteiger partial charge in [-0.25, -0.2) is 8.78 Å². The summed E-state index contributed by atoms with van der Waals surface area (Å²) in [4.78, 5) is 12.2. The van der Waals surface area contributed by atoms with E-state index >= 15 is 0 Å². The minimum Gasteiger partial charge on any atom is -0.321 e. The maximum absolute atomic E-state index is 13.7. The number of nitriles is 1. The number of nitrogens with one attached hydrogen (secondary N) is 1. The number of carbonyl (C=O) groups is 1. The van der Waals surface area contributed by atoms with Crippen molar-refractivity contribution in [2.45, 2.75) is 26.2 Å². The fourth-order valence-electron chi connectivity index (χ4n) is 2.28. The Hall–Kier alpha value is -3.00. The van der Waals surface area contributed by atoms with Gasteiger partial charge in [0, 0.05) is 11.3 Å². The van der Waals surface area contributed by atoms with Crippen molar-refractivity contribution in [1.29, 1.82) is 5.26 Å². The van der Waals surface area contributed by atoms with Gasteiger partial charge in [0.05, 0.1) is 0 Å². The summed E-state index contributed by atoms with van der Waals surface area (Å²) in [5.74, 6) is -2.38. The van der Waals surface area contributed by atoms with E-state index in [1.54, 1.807) is 18.2 Å². The average molecular weight is 340 g/mol. The number of halogens is 2. The predicted molar refractivity (Wildman–Crippen MR) is 93.6 cm³/mol. The highest BCUT2D eigenvalue weighted by Gasteiger charge is 2.13. The zero-order valence-corrected chi connectivity index (χ0v) is 13.9. The van der Waals surface area contributed by atoms with Crippen molar-refractivity contribution < 1.29 is 13.6 Å². The first-order valence-corrected chi connectivity index (χ1v) is 8.01. The van der Waals surface area contributed by atoms with Crippen LogP contribution >= 0.6 is 0 Å². The van der Waals surface area contributed by atoms with Crippen molar-refractivity contribution in [3.63, 3.8) is 0 Å². The molecule has 3 nitrogen and oxygen atoms in total. The monoisotopic (exact) mass is 340 g/mol. The van der Waals surface area contributed by atoms with Crippen LogP contribution in [-0.4, -0.2) is 5.91 Å². The number of unbranched alkanes of at least 4 members (excludes halogenated alkanes) is 1. The quantitative estimate of drug-likeness (QED) is 0.603. The third kappa shape index (κ3) is 4.98. The SMILES string of the molecule is CCCCc1ccc(NC(=O)/C(C#N)=C/c2c(F)cccc2F)cc1. The van der Waals surface area contributed by atoms with Crippen LogP contribution in [0.15, 0.2) is 48.0 Å². The van der Waals surface area contributed by atoms with E-state index in [0.29, 0.717) is 5.69 Å². The topological polar surface area (TPSA) is 52.9 Å². The number of carbonyl (C=O) groups excluding carboxylic acids is 1. The van der Waals surface area contributed by atoms with Crippen molar-refractivity contribution in [3.8, 4) is 6.07 Å². The van der Waals surface area contributed by atoms with Gasteiger partial charge in [0.2, 0.25) is 0 Å². The lowest BCUT2D eigenvalue weighted by molar-refractivity contribution is -0.112. The van der Waals surface area contributed by atoms with E-state index < -0.39 is 23.1 Å². The van der Waals surface area contributed by atoms with Gasteiger partial charge in [0.1, 0.15) is 23.3 Å². The maximum atomic E-state index is 13.7. The van der Waals surface area contributed by atoms with Crippen LogP contribution in [0.3, 0.4) is 0 Å². The summed E-state index contributed by atoms with van der Waals surface area (Å²) in [5, 5.41) is 11.7. The third-order valence-electron chi connectivity index (χ3n) is 3.68. The molecule has 0 saturated carbocycles. The normalized spacial score (nSPS) is 11.0. The van der Waals surface area contributed by atoms with Crippen LogP contribution in [0.25, 0.3) is 6.08 Å². The molecule has 128 valence electrons. The molecule has 5 heteroatoms. The molecule has 0 aliphatic carbocycles. The fraction of sp³-hybridized carbons (Fsp3) is 0.200. The second kappa shape index (κ2) is 8.74.